The normalized spacial score (nSPS) is 17.2. The number of aromatic nitrogens is 1. The molecule has 82 valence electrons. The van der Waals surface area contributed by atoms with Crippen molar-refractivity contribution in [1.29, 1.82) is 0 Å². The summed E-state index contributed by atoms with van der Waals surface area (Å²) in [6, 6.07) is 3.78. The topological polar surface area (TPSA) is 12.9 Å². The highest BCUT2D eigenvalue weighted by atomic mass is 35.5. The monoisotopic (exact) mass is 261 g/mol. The summed E-state index contributed by atoms with van der Waals surface area (Å²) in [7, 11) is 0. The van der Waals surface area contributed by atoms with Gasteiger partial charge in [-0.3, -0.25) is 0 Å². The Morgan fingerprint density at radius 1 is 1.27 bits per heavy atom. The van der Waals surface area contributed by atoms with Gasteiger partial charge in [-0.2, -0.15) is 11.8 Å². The van der Waals surface area contributed by atoms with Crippen LogP contribution in [0, 0.1) is 0 Å². The Bertz CT molecular complexity index is 337. The number of rotatable bonds is 3. The van der Waals surface area contributed by atoms with Crippen molar-refractivity contribution in [2.45, 2.75) is 36.7 Å². The van der Waals surface area contributed by atoms with E-state index in [1.165, 1.54) is 25.7 Å². The Balaban J connectivity index is 1.92. The molecule has 0 spiro atoms. The molecule has 0 amide bonds. The van der Waals surface area contributed by atoms with E-state index in [0.717, 1.165) is 16.6 Å². The maximum atomic E-state index is 6.01. The SMILES string of the molecule is Clc1ccc(CSC2CCCC2)c(Cl)n1. The van der Waals surface area contributed by atoms with E-state index in [0.29, 0.717) is 10.3 Å². The third-order valence-electron chi connectivity index (χ3n) is 2.67. The number of halogens is 2. The van der Waals surface area contributed by atoms with Gasteiger partial charge in [-0.05, 0) is 24.5 Å². The first-order valence-corrected chi connectivity index (χ1v) is 6.98. The fourth-order valence-electron chi connectivity index (χ4n) is 1.81. The summed E-state index contributed by atoms with van der Waals surface area (Å²) in [6.07, 6.45) is 5.46. The molecule has 0 aliphatic heterocycles. The Kier molecular flexibility index (Phi) is 4.18. The predicted molar refractivity (Wildman–Crippen MR) is 67.8 cm³/mol. The van der Waals surface area contributed by atoms with Gasteiger partial charge < -0.3 is 0 Å². The van der Waals surface area contributed by atoms with Crippen LogP contribution in [-0.2, 0) is 5.75 Å². The lowest BCUT2D eigenvalue weighted by molar-refractivity contribution is 0.886. The minimum atomic E-state index is 0.467. The zero-order valence-electron chi connectivity index (χ0n) is 8.38. The summed E-state index contributed by atoms with van der Waals surface area (Å²) in [5.41, 5.74) is 1.10. The molecule has 1 fully saturated rings. The summed E-state index contributed by atoms with van der Waals surface area (Å²) < 4.78 is 0. The van der Waals surface area contributed by atoms with Crippen molar-refractivity contribution in [3.63, 3.8) is 0 Å². The van der Waals surface area contributed by atoms with Crippen LogP contribution in [0.1, 0.15) is 31.2 Å². The summed E-state index contributed by atoms with van der Waals surface area (Å²) in [6.45, 7) is 0. The van der Waals surface area contributed by atoms with Gasteiger partial charge in [0, 0.05) is 11.0 Å². The molecular weight excluding hydrogens is 249 g/mol. The maximum Gasteiger partial charge on any atom is 0.134 e. The Morgan fingerprint density at radius 2 is 2.00 bits per heavy atom. The molecule has 0 N–H and O–H groups in total. The molecule has 1 aliphatic carbocycles. The number of hydrogen-bond acceptors (Lipinski definition) is 2. The van der Waals surface area contributed by atoms with E-state index in [9.17, 15) is 0 Å². The van der Waals surface area contributed by atoms with Crippen molar-refractivity contribution in [2.24, 2.45) is 0 Å². The van der Waals surface area contributed by atoms with E-state index in [1.807, 2.05) is 17.8 Å². The summed E-state index contributed by atoms with van der Waals surface area (Å²) in [5.74, 6) is 0.952. The highest BCUT2D eigenvalue weighted by molar-refractivity contribution is 7.99. The highest BCUT2D eigenvalue weighted by Gasteiger charge is 2.15. The molecule has 1 saturated carbocycles. The minimum Gasteiger partial charge on any atom is -0.224 e. The van der Waals surface area contributed by atoms with Gasteiger partial charge in [-0.1, -0.05) is 42.1 Å². The van der Waals surface area contributed by atoms with Crippen LogP contribution in [0.3, 0.4) is 0 Å². The van der Waals surface area contributed by atoms with Gasteiger partial charge in [-0.15, -0.1) is 0 Å². The van der Waals surface area contributed by atoms with E-state index in [-0.39, 0.29) is 0 Å². The first-order chi connectivity index (χ1) is 7.25. The standard InChI is InChI=1S/C11H13Cl2NS/c12-10-6-5-8(11(13)14-10)7-15-9-3-1-2-4-9/h5-6,9H,1-4,7H2. The first-order valence-electron chi connectivity index (χ1n) is 5.18. The fraction of sp³-hybridized carbons (Fsp3) is 0.545. The number of thioether (sulfide) groups is 1. The van der Waals surface area contributed by atoms with Crippen LogP contribution in [0.5, 0.6) is 0 Å². The van der Waals surface area contributed by atoms with Crippen LogP contribution in [0.15, 0.2) is 12.1 Å². The van der Waals surface area contributed by atoms with Gasteiger partial charge in [0.2, 0.25) is 0 Å². The number of nitrogens with zero attached hydrogens (tertiary/aromatic N) is 1. The molecule has 1 aromatic rings. The molecular formula is C11H13Cl2NS. The third-order valence-corrected chi connectivity index (χ3v) is 4.63. The molecule has 0 radical (unpaired) electrons. The van der Waals surface area contributed by atoms with Gasteiger partial charge >= 0.3 is 0 Å². The summed E-state index contributed by atoms with van der Waals surface area (Å²) in [4.78, 5) is 4.04. The zero-order valence-corrected chi connectivity index (χ0v) is 10.7. The average molecular weight is 262 g/mol. The molecule has 0 aromatic carbocycles. The lowest BCUT2D eigenvalue weighted by Gasteiger charge is -2.09. The molecule has 1 nitrogen and oxygen atoms in total. The van der Waals surface area contributed by atoms with E-state index < -0.39 is 0 Å². The van der Waals surface area contributed by atoms with Crippen molar-refractivity contribution < 1.29 is 0 Å². The second kappa shape index (κ2) is 5.42. The quantitative estimate of drug-likeness (QED) is 0.740. The van der Waals surface area contributed by atoms with Crippen molar-refractivity contribution in [1.82, 2.24) is 4.98 Å². The molecule has 2 rings (SSSR count). The largest absolute Gasteiger partial charge is 0.224 e. The Labute approximate surface area is 105 Å². The average Bonchev–Trinajstić information content (AvgIpc) is 2.69. The fourth-order valence-corrected chi connectivity index (χ4v) is 3.62. The molecule has 0 saturated heterocycles. The third kappa shape index (κ3) is 3.27. The van der Waals surface area contributed by atoms with E-state index in [4.69, 9.17) is 23.2 Å². The molecule has 0 bridgehead atoms. The molecule has 1 aromatic heterocycles. The Hall–Kier alpha value is 0.0800. The molecule has 1 heterocycles. The van der Waals surface area contributed by atoms with Crippen LogP contribution >= 0.6 is 35.0 Å². The lowest BCUT2D eigenvalue weighted by atomic mass is 10.3. The van der Waals surface area contributed by atoms with Crippen LogP contribution in [0.25, 0.3) is 0 Å². The summed E-state index contributed by atoms with van der Waals surface area (Å²) >= 11 is 13.7. The van der Waals surface area contributed by atoms with E-state index in [2.05, 4.69) is 4.98 Å². The number of pyridine rings is 1. The van der Waals surface area contributed by atoms with Gasteiger partial charge in [0.05, 0.1) is 0 Å². The minimum absolute atomic E-state index is 0.467. The van der Waals surface area contributed by atoms with E-state index in [1.54, 1.807) is 6.07 Å². The highest BCUT2D eigenvalue weighted by Crippen LogP contribution is 2.32. The summed E-state index contributed by atoms with van der Waals surface area (Å²) in [5, 5.41) is 1.83. The molecule has 4 heteroatoms. The predicted octanol–water partition coefficient (Wildman–Crippen LogP) is 4.56. The second-order valence-electron chi connectivity index (χ2n) is 3.80. The van der Waals surface area contributed by atoms with Crippen molar-refractivity contribution in [3.8, 4) is 0 Å². The zero-order chi connectivity index (χ0) is 10.7. The molecule has 0 atom stereocenters. The molecule has 15 heavy (non-hydrogen) atoms. The van der Waals surface area contributed by atoms with Gasteiger partial charge in [-0.25, -0.2) is 4.98 Å². The van der Waals surface area contributed by atoms with Crippen LogP contribution in [0.4, 0.5) is 0 Å². The molecule has 1 aliphatic rings. The smallest absolute Gasteiger partial charge is 0.134 e. The van der Waals surface area contributed by atoms with Crippen molar-refractivity contribution in [2.75, 3.05) is 0 Å². The van der Waals surface area contributed by atoms with Crippen LogP contribution in [0.2, 0.25) is 10.3 Å². The van der Waals surface area contributed by atoms with Gasteiger partial charge in [0.15, 0.2) is 0 Å². The van der Waals surface area contributed by atoms with Gasteiger partial charge in [0.25, 0.3) is 0 Å². The van der Waals surface area contributed by atoms with Gasteiger partial charge in [0.1, 0.15) is 10.3 Å². The molecule has 0 unspecified atom stereocenters. The second-order valence-corrected chi connectivity index (χ2v) is 5.84. The van der Waals surface area contributed by atoms with Crippen molar-refractivity contribution in [3.05, 3.63) is 28.0 Å². The van der Waals surface area contributed by atoms with Crippen LogP contribution in [-0.4, -0.2) is 10.2 Å². The Morgan fingerprint density at radius 3 is 2.67 bits per heavy atom. The number of hydrogen-bond donors (Lipinski definition) is 0. The first kappa shape index (κ1) is 11.6. The van der Waals surface area contributed by atoms with Crippen LogP contribution < -0.4 is 0 Å². The maximum absolute atomic E-state index is 6.01. The lowest BCUT2D eigenvalue weighted by Crippen LogP contribution is -1.96. The van der Waals surface area contributed by atoms with E-state index >= 15 is 0 Å². The van der Waals surface area contributed by atoms with Crippen molar-refractivity contribution >= 4 is 35.0 Å².